The molecule has 0 spiro atoms. The number of aryl methyl sites for hydroxylation is 2. The Morgan fingerprint density at radius 3 is 3.00 bits per heavy atom. The summed E-state index contributed by atoms with van der Waals surface area (Å²) in [4.78, 5) is 18.6. The van der Waals surface area contributed by atoms with Crippen molar-refractivity contribution < 1.29 is 0 Å². The summed E-state index contributed by atoms with van der Waals surface area (Å²) in [5.41, 5.74) is 3.14. The topological polar surface area (TPSA) is 68.3 Å². The van der Waals surface area contributed by atoms with Gasteiger partial charge in [-0.2, -0.15) is 5.10 Å². The monoisotopic (exact) mass is 322 g/mol. The van der Waals surface area contributed by atoms with Gasteiger partial charge in [-0.3, -0.25) is 4.79 Å². The number of imidazole rings is 1. The Labute approximate surface area is 138 Å². The van der Waals surface area contributed by atoms with Crippen LogP contribution >= 0.6 is 0 Å². The number of hydrogen-bond acceptors (Lipinski definition) is 5. The summed E-state index contributed by atoms with van der Waals surface area (Å²) in [6, 6.07) is 5.75. The van der Waals surface area contributed by atoms with Crippen LogP contribution in [0, 0.1) is 5.92 Å². The molecule has 2 aliphatic rings. The largest absolute Gasteiger partial charge is 0.354 e. The van der Waals surface area contributed by atoms with Crippen molar-refractivity contribution >= 4 is 11.5 Å². The van der Waals surface area contributed by atoms with Gasteiger partial charge in [-0.25, -0.2) is 14.2 Å². The van der Waals surface area contributed by atoms with Gasteiger partial charge in [-0.15, -0.1) is 5.10 Å². The second-order valence-electron chi connectivity index (χ2n) is 6.68. The molecule has 0 amide bonds. The summed E-state index contributed by atoms with van der Waals surface area (Å²) in [5.74, 6) is 1.39. The number of nitrogens with zero attached hydrogens (tertiary/aromatic N) is 6. The SMILES string of the molecule is O=c1cc2c(nn1CC1CN(c3ccc4nccn4n3)C1)CCC2. The van der Waals surface area contributed by atoms with E-state index in [4.69, 9.17) is 0 Å². The first-order valence-corrected chi connectivity index (χ1v) is 8.41. The molecule has 5 rings (SSSR count). The minimum absolute atomic E-state index is 0.0343. The molecule has 3 aromatic heterocycles. The predicted octanol–water partition coefficient (Wildman–Crippen LogP) is 0.911. The first-order valence-electron chi connectivity index (χ1n) is 8.41. The average molecular weight is 322 g/mol. The van der Waals surface area contributed by atoms with Crippen LogP contribution in [0.2, 0.25) is 0 Å². The molecular weight excluding hydrogens is 304 g/mol. The van der Waals surface area contributed by atoms with Crippen molar-refractivity contribution in [3.8, 4) is 0 Å². The van der Waals surface area contributed by atoms with Crippen LogP contribution in [0.3, 0.4) is 0 Å². The van der Waals surface area contributed by atoms with E-state index >= 15 is 0 Å². The number of aromatic nitrogens is 5. The number of anilines is 1. The van der Waals surface area contributed by atoms with Gasteiger partial charge in [0.15, 0.2) is 5.65 Å². The van der Waals surface area contributed by atoms with E-state index < -0.39 is 0 Å². The van der Waals surface area contributed by atoms with E-state index in [1.54, 1.807) is 21.5 Å². The standard InChI is InChI=1S/C17H18N6O/c24-17-8-13-2-1-3-14(13)19-23(17)11-12-9-21(10-12)16-5-4-15-18-6-7-22(15)20-16/h4-8,12H,1-3,9-11H2. The second-order valence-corrected chi connectivity index (χ2v) is 6.68. The molecule has 1 aliphatic carbocycles. The summed E-state index contributed by atoms with van der Waals surface area (Å²) < 4.78 is 3.44. The molecule has 3 aromatic rings. The van der Waals surface area contributed by atoms with Crippen molar-refractivity contribution in [2.24, 2.45) is 5.92 Å². The van der Waals surface area contributed by atoms with E-state index in [0.29, 0.717) is 12.5 Å². The Balaban J connectivity index is 1.29. The lowest BCUT2D eigenvalue weighted by Crippen LogP contribution is -2.50. The summed E-state index contributed by atoms with van der Waals surface area (Å²) in [5, 5.41) is 9.12. The third-order valence-electron chi connectivity index (χ3n) is 4.98. The Bertz CT molecular complexity index is 969. The van der Waals surface area contributed by atoms with Crippen LogP contribution < -0.4 is 10.5 Å². The zero-order chi connectivity index (χ0) is 16.1. The minimum atomic E-state index is 0.0343. The fraction of sp³-hybridized carbons (Fsp3) is 0.412. The van der Waals surface area contributed by atoms with Gasteiger partial charge in [-0.1, -0.05) is 0 Å². The summed E-state index contributed by atoms with van der Waals surface area (Å²) in [6.45, 7) is 2.49. The van der Waals surface area contributed by atoms with Crippen LogP contribution in [0.15, 0.2) is 35.4 Å². The van der Waals surface area contributed by atoms with Crippen molar-refractivity contribution in [3.63, 3.8) is 0 Å². The zero-order valence-electron chi connectivity index (χ0n) is 13.3. The predicted molar refractivity (Wildman–Crippen MR) is 89.2 cm³/mol. The van der Waals surface area contributed by atoms with Gasteiger partial charge in [0, 0.05) is 37.5 Å². The molecule has 0 aromatic carbocycles. The molecule has 1 saturated heterocycles. The van der Waals surface area contributed by atoms with Crippen LogP contribution in [0.1, 0.15) is 17.7 Å². The fourth-order valence-corrected chi connectivity index (χ4v) is 3.66. The van der Waals surface area contributed by atoms with Gasteiger partial charge in [0.05, 0.1) is 12.2 Å². The van der Waals surface area contributed by atoms with Gasteiger partial charge in [0.25, 0.3) is 5.56 Å². The Hall–Kier alpha value is -2.70. The van der Waals surface area contributed by atoms with E-state index in [0.717, 1.165) is 55.1 Å². The number of hydrogen-bond donors (Lipinski definition) is 0. The van der Waals surface area contributed by atoms with Gasteiger partial charge in [0.2, 0.25) is 0 Å². The molecule has 0 radical (unpaired) electrons. The van der Waals surface area contributed by atoms with Crippen molar-refractivity contribution in [3.05, 3.63) is 52.2 Å². The number of fused-ring (bicyclic) bond motifs is 2. The summed E-state index contributed by atoms with van der Waals surface area (Å²) in [6.07, 6.45) is 6.71. The van der Waals surface area contributed by atoms with E-state index in [9.17, 15) is 4.79 Å². The van der Waals surface area contributed by atoms with Crippen LogP contribution in [0.4, 0.5) is 5.82 Å². The lowest BCUT2D eigenvalue weighted by atomic mass is 10.0. The maximum atomic E-state index is 12.2. The zero-order valence-corrected chi connectivity index (χ0v) is 13.3. The third kappa shape index (κ3) is 2.19. The molecule has 0 saturated carbocycles. The quantitative estimate of drug-likeness (QED) is 0.717. The molecule has 7 nitrogen and oxygen atoms in total. The van der Waals surface area contributed by atoms with E-state index in [1.807, 2.05) is 18.3 Å². The Morgan fingerprint density at radius 2 is 2.08 bits per heavy atom. The smallest absolute Gasteiger partial charge is 0.267 e. The minimum Gasteiger partial charge on any atom is -0.354 e. The van der Waals surface area contributed by atoms with Gasteiger partial charge in [0.1, 0.15) is 5.82 Å². The van der Waals surface area contributed by atoms with Gasteiger partial charge in [-0.05, 0) is 37.0 Å². The summed E-state index contributed by atoms with van der Waals surface area (Å²) >= 11 is 0. The average Bonchev–Trinajstić information content (AvgIpc) is 3.17. The molecular formula is C17H18N6O. The molecule has 0 bridgehead atoms. The molecule has 0 unspecified atom stereocenters. The highest BCUT2D eigenvalue weighted by atomic mass is 16.1. The maximum Gasteiger partial charge on any atom is 0.267 e. The molecule has 122 valence electrons. The summed E-state index contributed by atoms with van der Waals surface area (Å²) in [7, 11) is 0. The molecule has 4 heterocycles. The highest BCUT2D eigenvalue weighted by Gasteiger charge is 2.29. The van der Waals surface area contributed by atoms with E-state index in [2.05, 4.69) is 20.1 Å². The van der Waals surface area contributed by atoms with Crippen molar-refractivity contribution in [2.75, 3.05) is 18.0 Å². The molecule has 1 aliphatic heterocycles. The first kappa shape index (κ1) is 13.7. The molecule has 0 atom stereocenters. The molecule has 0 N–H and O–H groups in total. The van der Waals surface area contributed by atoms with Gasteiger partial charge < -0.3 is 4.90 Å². The first-order chi connectivity index (χ1) is 11.8. The van der Waals surface area contributed by atoms with Crippen LogP contribution in [-0.2, 0) is 19.4 Å². The fourth-order valence-electron chi connectivity index (χ4n) is 3.66. The van der Waals surface area contributed by atoms with Crippen LogP contribution in [0.5, 0.6) is 0 Å². The molecule has 7 heteroatoms. The van der Waals surface area contributed by atoms with Crippen LogP contribution in [0.25, 0.3) is 5.65 Å². The molecule has 24 heavy (non-hydrogen) atoms. The second kappa shape index (κ2) is 5.15. The highest BCUT2D eigenvalue weighted by Crippen LogP contribution is 2.24. The molecule has 1 fully saturated rings. The third-order valence-corrected chi connectivity index (χ3v) is 4.98. The van der Waals surface area contributed by atoms with Crippen molar-refractivity contribution in [1.82, 2.24) is 24.4 Å². The van der Waals surface area contributed by atoms with Crippen LogP contribution in [-0.4, -0.2) is 37.5 Å². The van der Waals surface area contributed by atoms with E-state index in [-0.39, 0.29) is 5.56 Å². The normalized spacial score (nSPS) is 17.2. The maximum absolute atomic E-state index is 12.2. The lowest BCUT2D eigenvalue weighted by Gasteiger charge is -2.40. The van der Waals surface area contributed by atoms with Crippen molar-refractivity contribution in [2.45, 2.75) is 25.8 Å². The van der Waals surface area contributed by atoms with E-state index in [1.165, 1.54) is 0 Å². The van der Waals surface area contributed by atoms with Gasteiger partial charge >= 0.3 is 0 Å². The highest BCUT2D eigenvalue weighted by molar-refractivity contribution is 5.47. The van der Waals surface area contributed by atoms with Crippen molar-refractivity contribution in [1.29, 1.82) is 0 Å². The lowest BCUT2D eigenvalue weighted by molar-refractivity contribution is 0.330. The number of rotatable bonds is 3. The Kier molecular flexibility index (Phi) is 2.95. The Morgan fingerprint density at radius 1 is 1.17 bits per heavy atom.